The van der Waals surface area contributed by atoms with Crippen LogP contribution in [-0.2, 0) is 4.79 Å². The van der Waals surface area contributed by atoms with Gasteiger partial charge in [-0.3, -0.25) is 4.79 Å². The van der Waals surface area contributed by atoms with Crippen molar-refractivity contribution in [2.75, 3.05) is 18.2 Å². The van der Waals surface area contributed by atoms with Gasteiger partial charge in [0.2, 0.25) is 11.1 Å². The molecule has 0 aliphatic heterocycles. The van der Waals surface area contributed by atoms with Gasteiger partial charge in [-0.2, -0.15) is 4.68 Å². The van der Waals surface area contributed by atoms with Gasteiger partial charge in [-0.05, 0) is 52.9 Å². The minimum absolute atomic E-state index is 0.0942. The Morgan fingerprint density at radius 3 is 2.81 bits per heavy atom. The lowest BCUT2D eigenvalue weighted by atomic mass is 10.3. The molecule has 0 radical (unpaired) electrons. The smallest absolute Gasteiger partial charge is 0.225 e. The number of methoxy groups -OCH3 is 1. The van der Waals surface area contributed by atoms with Crippen molar-refractivity contribution in [3.63, 3.8) is 0 Å². The normalized spacial score (nSPS) is 10.5. The number of benzene rings is 2. The Bertz CT molecular complexity index is 885. The molecule has 0 aliphatic carbocycles. The number of nitrogens with zero attached hydrogens (tertiary/aromatic N) is 4. The molecule has 134 valence electrons. The fourth-order valence-corrected chi connectivity index (χ4v) is 3.20. The Morgan fingerprint density at radius 1 is 1.27 bits per heavy atom. The Labute approximate surface area is 159 Å². The Balaban J connectivity index is 1.55. The molecule has 0 aliphatic rings. The quantitative estimate of drug-likeness (QED) is 0.623. The number of nitrogens with one attached hydrogen (secondary N) is 1. The van der Waals surface area contributed by atoms with Gasteiger partial charge >= 0.3 is 0 Å². The summed E-state index contributed by atoms with van der Waals surface area (Å²) in [6, 6.07) is 14.4. The van der Waals surface area contributed by atoms with Gasteiger partial charge in [0.05, 0.1) is 12.8 Å². The fourth-order valence-electron chi connectivity index (χ4n) is 2.18. The fraction of sp³-hybridized carbons (Fsp3) is 0.176. The molecule has 0 saturated carbocycles. The highest BCUT2D eigenvalue weighted by molar-refractivity contribution is 7.99. The first-order chi connectivity index (χ1) is 12.7. The lowest BCUT2D eigenvalue weighted by Gasteiger charge is -2.06. The van der Waals surface area contributed by atoms with Crippen molar-refractivity contribution < 1.29 is 9.53 Å². The van der Waals surface area contributed by atoms with Crippen LogP contribution >= 0.6 is 23.4 Å². The molecule has 1 amide bonds. The molecular formula is C17H16ClN5O2S. The van der Waals surface area contributed by atoms with Crippen LogP contribution in [0, 0.1) is 0 Å². The van der Waals surface area contributed by atoms with E-state index in [0.29, 0.717) is 28.0 Å². The number of halogens is 1. The number of carbonyl (C=O) groups is 1. The van der Waals surface area contributed by atoms with Crippen molar-refractivity contribution in [1.82, 2.24) is 20.2 Å². The summed E-state index contributed by atoms with van der Waals surface area (Å²) >= 11 is 7.32. The van der Waals surface area contributed by atoms with Crippen molar-refractivity contribution >= 4 is 35.0 Å². The summed E-state index contributed by atoms with van der Waals surface area (Å²) in [7, 11) is 1.61. The van der Waals surface area contributed by atoms with Crippen molar-refractivity contribution in [2.45, 2.75) is 11.6 Å². The molecule has 0 saturated heterocycles. The number of thioether (sulfide) groups is 1. The molecule has 1 heterocycles. The van der Waals surface area contributed by atoms with E-state index < -0.39 is 0 Å². The van der Waals surface area contributed by atoms with Crippen LogP contribution in [0.5, 0.6) is 5.75 Å². The van der Waals surface area contributed by atoms with E-state index in [1.807, 2.05) is 24.3 Å². The zero-order chi connectivity index (χ0) is 18.4. The van der Waals surface area contributed by atoms with Crippen LogP contribution in [0.15, 0.2) is 53.7 Å². The summed E-state index contributed by atoms with van der Waals surface area (Å²) in [6.45, 7) is 0. The minimum atomic E-state index is -0.0942. The van der Waals surface area contributed by atoms with Crippen LogP contribution < -0.4 is 10.1 Å². The molecule has 1 N–H and O–H groups in total. The lowest BCUT2D eigenvalue weighted by Crippen LogP contribution is -2.12. The third-order valence-electron chi connectivity index (χ3n) is 3.43. The highest BCUT2D eigenvalue weighted by Gasteiger charge is 2.10. The standard InChI is InChI=1S/C17H16ClN5O2S/c1-25-15-7-5-14(6-8-15)23-17(20-21-22-23)26-10-9-16(24)19-13-4-2-3-12(18)11-13/h2-8,11H,9-10H2,1H3,(H,19,24). The molecule has 0 spiro atoms. The highest BCUT2D eigenvalue weighted by Crippen LogP contribution is 2.21. The van der Waals surface area contributed by atoms with E-state index in [1.54, 1.807) is 36.1 Å². The topological polar surface area (TPSA) is 81.9 Å². The number of hydrogen-bond donors (Lipinski definition) is 1. The first-order valence-corrected chi connectivity index (χ1v) is 9.13. The molecule has 0 atom stereocenters. The molecule has 7 nitrogen and oxygen atoms in total. The van der Waals surface area contributed by atoms with E-state index in [1.165, 1.54) is 11.8 Å². The van der Waals surface area contributed by atoms with Crippen LogP contribution in [0.1, 0.15) is 6.42 Å². The monoisotopic (exact) mass is 389 g/mol. The molecule has 26 heavy (non-hydrogen) atoms. The number of aromatic nitrogens is 4. The number of ether oxygens (including phenoxy) is 1. The average molecular weight is 390 g/mol. The van der Waals surface area contributed by atoms with Crippen LogP contribution in [-0.4, -0.2) is 39.0 Å². The van der Waals surface area contributed by atoms with Crippen LogP contribution in [0.2, 0.25) is 5.02 Å². The van der Waals surface area contributed by atoms with E-state index >= 15 is 0 Å². The first kappa shape index (κ1) is 18.2. The largest absolute Gasteiger partial charge is 0.497 e. The second-order valence-corrected chi connectivity index (χ2v) is 6.73. The maximum atomic E-state index is 12.0. The second kappa shape index (κ2) is 8.68. The summed E-state index contributed by atoms with van der Waals surface area (Å²) < 4.78 is 6.77. The molecule has 0 fully saturated rings. The van der Waals surface area contributed by atoms with Gasteiger partial charge < -0.3 is 10.1 Å². The average Bonchev–Trinajstić information content (AvgIpc) is 3.10. The molecule has 9 heteroatoms. The van der Waals surface area contributed by atoms with E-state index in [0.717, 1.165) is 11.4 Å². The van der Waals surface area contributed by atoms with Crippen molar-refractivity contribution in [3.05, 3.63) is 53.6 Å². The zero-order valence-electron chi connectivity index (χ0n) is 13.9. The second-order valence-electron chi connectivity index (χ2n) is 5.23. The third kappa shape index (κ3) is 4.74. The number of amides is 1. The number of carbonyl (C=O) groups excluding carboxylic acids is 1. The SMILES string of the molecule is COc1ccc(-n2nnnc2SCCC(=O)Nc2cccc(Cl)c2)cc1. The molecule has 2 aromatic carbocycles. The Morgan fingerprint density at radius 2 is 2.08 bits per heavy atom. The van der Waals surface area contributed by atoms with Gasteiger partial charge in [-0.25, -0.2) is 0 Å². The van der Waals surface area contributed by atoms with Gasteiger partial charge in [-0.15, -0.1) is 5.10 Å². The first-order valence-electron chi connectivity index (χ1n) is 7.77. The van der Waals surface area contributed by atoms with Crippen molar-refractivity contribution in [1.29, 1.82) is 0 Å². The van der Waals surface area contributed by atoms with Crippen molar-refractivity contribution in [3.8, 4) is 11.4 Å². The van der Waals surface area contributed by atoms with Gasteiger partial charge in [0.25, 0.3) is 0 Å². The predicted octanol–water partition coefficient (Wildman–Crippen LogP) is 3.45. The summed E-state index contributed by atoms with van der Waals surface area (Å²) in [6.07, 6.45) is 0.326. The summed E-state index contributed by atoms with van der Waals surface area (Å²) in [5, 5.41) is 15.7. The molecule has 3 aromatic rings. The van der Waals surface area contributed by atoms with Gasteiger partial charge in [-0.1, -0.05) is 29.4 Å². The van der Waals surface area contributed by atoms with Gasteiger partial charge in [0.15, 0.2) is 0 Å². The van der Waals surface area contributed by atoms with E-state index in [-0.39, 0.29) is 5.91 Å². The van der Waals surface area contributed by atoms with Crippen LogP contribution in [0.3, 0.4) is 0 Å². The van der Waals surface area contributed by atoms with Gasteiger partial charge in [0.1, 0.15) is 5.75 Å². The summed E-state index contributed by atoms with van der Waals surface area (Å²) in [5.41, 5.74) is 1.50. The Hall–Kier alpha value is -2.58. The highest BCUT2D eigenvalue weighted by atomic mass is 35.5. The maximum absolute atomic E-state index is 12.0. The lowest BCUT2D eigenvalue weighted by molar-refractivity contribution is -0.115. The number of tetrazole rings is 1. The van der Waals surface area contributed by atoms with Gasteiger partial charge in [0, 0.05) is 22.9 Å². The minimum Gasteiger partial charge on any atom is -0.497 e. The summed E-state index contributed by atoms with van der Waals surface area (Å²) in [4.78, 5) is 12.0. The Kier molecular flexibility index (Phi) is 6.08. The molecule has 0 bridgehead atoms. The number of hydrogen-bond acceptors (Lipinski definition) is 6. The summed E-state index contributed by atoms with van der Waals surface area (Å²) in [5.74, 6) is 1.21. The van der Waals surface area contributed by atoms with E-state index in [9.17, 15) is 4.79 Å². The van der Waals surface area contributed by atoms with Crippen molar-refractivity contribution in [2.24, 2.45) is 0 Å². The molecule has 0 unspecified atom stereocenters. The van der Waals surface area contributed by atoms with E-state index in [4.69, 9.17) is 16.3 Å². The predicted molar refractivity (Wildman–Crippen MR) is 101 cm³/mol. The van der Waals surface area contributed by atoms with Crippen LogP contribution in [0.25, 0.3) is 5.69 Å². The van der Waals surface area contributed by atoms with Crippen LogP contribution in [0.4, 0.5) is 5.69 Å². The maximum Gasteiger partial charge on any atom is 0.225 e. The number of rotatable bonds is 7. The number of anilines is 1. The molecular weight excluding hydrogens is 374 g/mol. The zero-order valence-corrected chi connectivity index (χ0v) is 15.5. The molecule has 3 rings (SSSR count). The third-order valence-corrected chi connectivity index (χ3v) is 4.58. The van der Waals surface area contributed by atoms with E-state index in [2.05, 4.69) is 20.8 Å². The molecule has 1 aromatic heterocycles.